The first-order chi connectivity index (χ1) is 12.2. The molecule has 5 nitrogen and oxygen atoms in total. The summed E-state index contributed by atoms with van der Waals surface area (Å²) in [5, 5.41) is 15.0. The summed E-state index contributed by atoms with van der Waals surface area (Å²) in [4.78, 5) is 19.0. The number of benzene rings is 1. The fourth-order valence-corrected chi connectivity index (χ4v) is 4.18. The number of aromatic nitrogens is 1. The molecule has 2 atom stereocenters. The van der Waals surface area contributed by atoms with Crippen LogP contribution in [0.15, 0.2) is 36.5 Å². The first-order valence-electron chi connectivity index (χ1n) is 9.22. The van der Waals surface area contributed by atoms with Crippen LogP contribution < -0.4 is 5.32 Å². The molecule has 0 spiro atoms. The maximum Gasteiger partial charge on any atom is 0.225 e. The molecule has 0 bridgehead atoms. The van der Waals surface area contributed by atoms with E-state index in [1.165, 1.54) is 5.56 Å². The van der Waals surface area contributed by atoms with Crippen molar-refractivity contribution >= 4 is 16.8 Å². The summed E-state index contributed by atoms with van der Waals surface area (Å²) in [7, 11) is 0. The van der Waals surface area contributed by atoms with Gasteiger partial charge < -0.3 is 15.3 Å². The molecule has 0 radical (unpaired) electrons. The molecular weight excluding hydrogens is 314 g/mol. The first-order valence-corrected chi connectivity index (χ1v) is 9.22. The summed E-state index contributed by atoms with van der Waals surface area (Å²) in [5.74, 6) is 0.438. The molecule has 0 saturated carbocycles. The number of fused-ring (bicyclic) bond motifs is 1. The average Bonchev–Trinajstić information content (AvgIpc) is 3.03. The zero-order valence-corrected chi connectivity index (χ0v) is 14.4. The summed E-state index contributed by atoms with van der Waals surface area (Å²) in [6, 6.07) is 10.1. The molecule has 1 aromatic heterocycles. The zero-order chi connectivity index (χ0) is 17.2. The van der Waals surface area contributed by atoms with E-state index in [4.69, 9.17) is 0 Å². The summed E-state index contributed by atoms with van der Waals surface area (Å²) >= 11 is 0. The molecule has 2 fully saturated rings. The van der Waals surface area contributed by atoms with Gasteiger partial charge in [-0.05, 0) is 50.0 Å². The van der Waals surface area contributed by atoms with E-state index < -0.39 is 6.10 Å². The first kappa shape index (κ1) is 16.5. The Morgan fingerprint density at radius 1 is 1.20 bits per heavy atom. The third kappa shape index (κ3) is 3.39. The molecule has 1 amide bonds. The lowest BCUT2D eigenvalue weighted by Crippen LogP contribution is -2.40. The van der Waals surface area contributed by atoms with E-state index in [1.807, 2.05) is 35.4 Å². The molecule has 25 heavy (non-hydrogen) atoms. The smallest absolute Gasteiger partial charge is 0.225 e. The Balaban J connectivity index is 1.47. The molecule has 2 aliphatic heterocycles. The molecule has 2 aliphatic rings. The predicted octanol–water partition coefficient (Wildman–Crippen LogP) is 1.60. The molecule has 4 rings (SSSR count). The van der Waals surface area contributed by atoms with Crippen molar-refractivity contribution in [3.63, 3.8) is 0 Å². The summed E-state index contributed by atoms with van der Waals surface area (Å²) in [5.41, 5.74) is 2.18. The number of hydrogen-bond acceptors (Lipinski definition) is 4. The van der Waals surface area contributed by atoms with Crippen LogP contribution in [0.25, 0.3) is 10.9 Å². The number of hydrogen-bond donors (Lipinski definition) is 2. The molecule has 2 N–H and O–H groups in total. The minimum atomic E-state index is -0.447. The second-order valence-corrected chi connectivity index (χ2v) is 7.29. The van der Waals surface area contributed by atoms with Gasteiger partial charge >= 0.3 is 0 Å². The van der Waals surface area contributed by atoms with Crippen molar-refractivity contribution in [3.8, 4) is 0 Å². The number of amides is 1. The van der Waals surface area contributed by atoms with Crippen molar-refractivity contribution < 1.29 is 9.90 Å². The van der Waals surface area contributed by atoms with Gasteiger partial charge in [-0.15, -0.1) is 0 Å². The second kappa shape index (κ2) is 7.10. The normalized spacial score (nSPS) is 24.8. The van der Waals surface area contributed by atoms with Crippen LogP contribution in [0.3, 0.4) is 0 Å². The van der Waals surface area contributed by atoms with Gasteiger partial charge in [-0.25, -0.2) is 0 Å². The van der Waals surface area contributed by atoms with Crippen LogP contribution in [0, 0.1) is 11.8 Å². The Hall–Kier alpha value is -1.98. The Kier molecular flexibility index (Phi) is 4.68. The third-order valence-electron chi connectivity index (χ3n) is 5.63. The number of nitrogens with one attached hydrogen (secondary N) is 1. The van der Waals surface area contributed by atoms with Crippen LogP contribution in [-0.4, -0.2) is 53.2 Å². The number of para-hydroxylation sites is 1. The molecular formula is C20H25N3O2. The summed E-state index contributed by atoms with van der Waals surface area (Å²) in [6.45, 7) is 2.95. The molecule has 132 valence electrons. The predicted molar refractivity (Wildman–Crippen MR) is 97.1 cm³/mol. The van der Waals surface area contributed by atoms with Gasteiger partial charge in [0.2, 0.25) is 5.91 Å². The highest BCUT2D eigenvalue weighted by atomic mass is 16.3. The van der Waals surface area contributed by atoms with Gasteiger partial charge in [-0.3, -0.25) is 9.78 Å². The fourth-order valence-electron chi connectivity index (χ4n) is 4.18. The summed E-state index contributed by atoms with van der Waals surface area (Å²) in [6.07, 6.45) is 3.98. The zero-order valence-electron chi connectivity index (χ0n) is 14.4. The van der Waals surface area contributed by atoms with Gasteiger partial charge in [0.15, 0.2) is 0 Å². The highest BCUT2D eigenvalue weighted by Crippen LogP contribution is 2.27. The van der Waals surface area contributed by atoms with Crippen molar-refractivity contribution in [1.29, 1.82) is 0 Å². The Morgan fingerprint density at radius 3 is 2.84 bits per heavy atom. The van der Waals surface area contributed by atoms with E-state index in [1.54, 1.807) is 0 Å². The number of rotatable bonds is 3. The lowest BCUT2D eigenvalue weighted by atomic mass is 9.94. The van der Waals surface area contributed by atoms with Gasteiger partial charge in [0.1, 0.15) is 0 Å². The van der Waals surface area contributed by atoms with Gasteiger partial charge in [-0.2, -0.15) is 0 Å². The number of β-amino-alcohol motifs (C(OH)–C–C–N with tert-alkyl or cyclic N) is 1. The minimum absolute atomic E-state index is 0.0940. The van der Waals surface area contributed by atoms with Gasteiger partial charge in [0.25, 0.3) is 0 Å². The quantitative estimate of drug-likeness (QED) is 0.891. The number of carbonyl (C=O) groups is 1. The van der Waals surface area contributed by atoms with E-state index in [-0.39, 0.29) is 17.7 Å². The molecule has 0 aliphatic carbocycles. The van der Waals surface area contributed by atoms with Crippen molar-refractivity contribution in [2.45, 2.75) is 25.4 Å². The van der Waals surface area contributed by atoms with Gasteiger partial charge in [0, 0.05) is 36.5 Å². The lowest BCUT2D eigenvalue weighted by Gasteiger charge is -2.26. The third-order valence-corrected chi connectivity index (χ3v) is 5.63. The maximum absolute atomic E-state index is 12.7. The lowest BCUT2D eigenvalue weighted by molar-refractivity contribution is -0.135. The van der Waals surface area contributed by atoms with Crippen molar-refractivity contribution in [3.05, 3.63) is 42.1 Å². The number of carbonyl (C=O) groups excluding carboxylic acids is 1. The molecule has 0 unspecified atom stereocenters. The molecule has 3 heterocycles. The number of nitrogens with zero attached hydrogens (tertiary/aromatic N) is 2. The number of aliphatic hydroxyl groups excluding tert-OH is 1. The Bertz CT molecular complexity index is 752. The molecule has 1 aromatic carbocycles. The molecule has 5 heteroatoms. The average molecular weight is 339 g/mol. The van der Waals surface area contributed by atoms with E-state index in [0.717, 1.165) is 43.3 Å². The maximum atomic E-state index is 12.7. The van der Waals surface area contributed by atoms with Crippen molar-refractivity contribution in [2.75, 3.05) is 26.2 Å². The van der Waals surface area contributed by atoms with Crippen molar-refractivity contribution in [2.24, 2.45) is 11.8 Å². The SMILES string of the molecule is O=C(C1CCNCC1)N1C[C@@H](Cc2ccnc3ccccc23)[C@H](O)C1. The van der Waals surface area contributed by atoms with Crippen LogP contribution in [0.2, 0.25) is 0 Å². The Morgan fingerprint density at radius 2 is 2.00 bits per heavy atom. The summed E-state index contributed by atoms with van der Waals surface area (Å²) < 4.78 is 0. The molecule has 2 saturated heterocycles. The van der Waals surface area contributed by atoms with Crippen molar-refractivity contribution in [1.82, 2.24) is 15.2 Å². The van der Waals surface area contributed by atoms with Crippen LogP contribution in [-0.2, 0) is 11.2 Å². The highest BCUT2D eigenvalue weighted by Gasteiger charge is 2.36. The molecule has 2 aromatic rings. The monoisotopic (exact) mass is 339 g/mol. The van der Waals surface area contributed by atoms with Crippen LogP contribution >= 0.6 is 0 Å². The van der Waals surface area contributed by atoms with E-state index in [2.05, 4.69) is 16.4 Å². The number of likely N-dealkylation sites (tertiary alicyclic amines) is 1. The fraction of sp³-hybridized carbons (Fsp3) is 0.500. The van der Waals surface area contributed by atoms with Gasteiger partial charge in [0.05, 0.1) is 11.6 Å². The topological polar surface area (TPSA) is 65.5 Å². The van der Waals surface area contributed by atoms with E-state index >= 15 is 0 Å². The standard InChI is InChI=1S/C20H25N3O2/c24-19-13-23(20(25)14-5-8-21-9-6-14)12-16(19)11-15-7-10-22-18-4-2-1-3-17(15)18/h1-4,7,10,14,16,19,21,24H,5-6,8-9,11-13H2/t16-,19-/m1/s1. The van der Waals surface area contributed by atoms with E-state index in [9.17, 15) is 9.90 Å². The van der Waals surface area contributed by atoms with Crippen LogP contribution in [0.4, 0.5) is 0 Å². The van der Waals surface area contributed by atoms with Crippen LogP contribution in [0.5, 0.6) is 0 Å². The second-order valence-electron chi connectivity index (χ2n) is 7.29. The largest absolute Gasteiger partial charge is 0.391 e. The Labute approximate surface area is 148 Å². The van der Waals surface area contributed by atoms with Gasteiger partial charge in [-0.1, -0.05) is 18.2 Å². The minimum Gasteiger partial charge on any atom is -0.391 e. The van der Waals surface area contributed by atoms with E-state index in [0.29, 0.717) is 13.1 Å². The number of piperidine rings is 1. The number of aliphatic hydroxyl groups is 1. The number of pyridine rings is 1. The highest BCUT2D eigenvalue weighted by molar-refractivity contribution is 5.82. The van der Waals surface area contributed by atoms with Crippen LogP contribution in [0.1, 0.15) is 18.4 Å².